The van der Waals surface area contributed by atoms with Crippen LogP contribution in [0.4, 0.5) is 5.82 Å². The average Bonchev–Trinajstić information content (AvgIpc) is 2.56. The molecule has 0 unspecified atom stereocenters. The van der Waals surface area contributed by atoms with E-state index in [1.54, 1.807) is 0 Å². The molecule has 0 saturated carbocycles. The van der Waals surface area contributed by atoms with Crippen LogP contribution in [0.25, 0.3) is 11.1 Å². The lowest BCUT2D eigenvalue weighted by atomic mass is 9.97. The van der Waals surface area contributed by atoms with Gasteiger partial charge in [0.15, 0.2) is 0 Å². The van der Waals surface area contributed by atoms with Gasteiger partial charge in [-0.05, 0) is 30.5 Å². The van der Waals surface area contributed by atoms with Crippen LogP contribution in [0, 0.1) is 5.92 Å². The third-order valence-electron chi connectivity index (χ3n) is 4.02. The fourth-order valence-corrected chi connectivity index (χ4v) is 2.73. The van der Waals surface area contributed by atoms with Crippen molar-refractivity contribution in [1.29, 1.82) is 0 Å². The molecule has 0 amide bonds. The zero-order valence-electron chi connectivity index (χ0n) is 11.8. The largest absolute Gasteiger partial charge is 0.481 e. The Hall–Kier alpha value is -2.36. The molecule has 2 aromatic rings. The molecule has 108 valence electrons. The topological polar surface area (TPSA) is 53.4 Å². The summed E-state index contributed by atoms with van der Waals surface area (Å²) in [6.07, 6.45) is 3.27. The monoisotopic (exact) mass is 282 g/mol. The van der Waals surface area contributed by atoms with E-state index in [0.717, 1.165) is 30.0 Å². The minimum atomic E-state index is -0.679. The normalized spacial score (nSPS) is 15.9. The molecule has 1 N–H and O–H groups in total. The Labute approximate surface area is 124 Å². The van der Waals surface area contributed by atoms with E-state index in [4.69, 9.17) is 5.11 Å². The molecule has 0 radical (unpaired) electrons. The van der Waals surface area contributed by atoms with Crippen LogP contribution in [0.5, 0.6) is 0 Å². The van der Waals surface area contributed by atoms with E-state index in [-0.39, 0.29) is 5.92 Å². The third kappa shape index (κ3) is 3.05. The number of benzene rings is 1. The van der Waals surface area contributed by atoms with Gasteiger partial charge >= 0.3 is 5.97 Å². The molecule has 1 saturated heterocycles. The first-order valence-corrected chi connectivity index (χ1v) is 7.23. The summed E-state index contributed by atoms with van der Waals surface area (Å²) < 4.78 is 0. The zero-order valence-corrected chi connectivity index (χ0v) is 11.8. The van der Waals surface area contributed by atoms with Crippen LogP contribution in [0.15, 0.2) is 48.7 Å². The van der Waals surface area contributed by atoms with Crippen LogP contribution in [0.2, 0.25) is 0 Å². The van der Waals surface area contributed by atoms with Gasteiger partial charge in [-0.15, -0.1) is 0 Å². The van der Waals surface area contributed by atoms with Crippen LogP contribution in [0.1, 0.15) is 12.8 Å². The highest BCUT2D eigenvalue weighted by atomic mass is 16.4. The summed E-state index contributed by atoms with van der Waals surface area (Å²) in [5.41, 5.74) is 2.25. The number of carbonyl (C=O) groups is 1. The summed E-state index contributed by atoms with van der Waals surface area (Å²) in [5, 5.41) is 9.02. The summed E-state index contributed by atoms with van der Waals surface area (Å²) in [4.78, 5) is 17.7. The van der Waals surface area contributed by atoms with Gasteiger partial charge in [-0.1, -0.05) is 30.3 Å². The quantitative estimate of drug-likeness (QED) is 0.940. The van der Waals surface area contributed by atoms with Crippen molar-refractivity contribution in [2.24, 2.45) is 5.92 Å². The molecule has 2 heterocycles. The fourth-order valence-electron chi connectivity index (χ4n) is 2.73. The Bertz CT molecular complexity index is 602. The van der Waals surface area contributed by atoms with Gasteiger partial charge in [0, 0.05) is 24.8 Å². The number of nitrogens with zero attached hydrogens (tertiary/aromatic N) is 2. The molecule has 1 fully saturated rings. The maximum Gasteiger partial charge on any atom is 0.306 e. The van der Waals surface area contributed by atoms with E-state index in [9.17, 15) is 4.79 Å². The summed E-state index contributed by atoms with van der Waals surface area (Å²) in [5.74, 6) is 0.0467. The van der Waals surface area contributed by atoms with Gasteiger partial charge in [0.2, 0.25) is 0 Å². The highest BCUT2D eigenvalue weighted by Crippen LogP contribution is 2.24. The molecule has 1 aromatic carbocycles. The fraction of sp³-hybridized carbons (Fsp3) is 0.294. The molecule has 4 nitrogen and oxygen atoms in total. The lowest BCUT2D eigenvalue weighted by Gasteiger charge is -2.31. The Balaban J connectivity index is 1.69. The van der Waals surface area contributed by atoms with Crippen molar-refractivity contribution >= 4 is 11.8 Å². The van der Waals surface area contributed by atoms with Crippen LogP contribution in [-0.4, -0.2) is 29.1 Å². The first-order chi connectivity index (χ1) is 10.2. The predicted molar refractivity (Wildman–Crippen MR) is 82.2 cm³/mol. The number of pyridine rings is 1. The van der Waals surface area contributed by atoms with E-state index in [1.165, 1.54) is 0 Å². The molecule has 1 aliphatic heterocycles. The molecule has 1 aromatic heterocycles. The van der Waals surface area contributed by atoms with Crippen molar-refractivity contribution < 1.29 is 9.90 Å². The molecular weight excluding hydrogens is 264 g/mol. The smallest absolute Gasteiger partial charge is 0.306 e. The van der Waals surface area contributed by atoms with Gasteiger partial charge in [0.25, 0.3) is 0 Å². The van der Waals surface area contributed by atoms with Crippen LogP contribution in [-0.2, 0) is 4.79 Å². The number of hydrogen-bond donors (Lipinski definition) is 1. The predicted octanol–water partition coefficient (Wildman–Crippen LogP) is 3.05. The lowest BCUT2D eigenvalue weighted by Crippen LogP contribution is -2.36. The van der Waals surface area contributed by atoms with Crippen molar-refractivity contribution in [3.63, 3.8) is 0 Å². The molecule has 0 atom stereocenters. The van der Waals surface area contributed by atoms with Crippen LogP contribution < -0.4 is 4.90 Å². The third-order valence-corrected chi connectivity index (χ3v) is 4.02. The van der Waals surface area contributed by atoms with E-state index in [2.05, 4.69) is 28.1 Å². The summed E-state index contributed by atoms with van der Waals surface area (Å²) in [7, 11) is 0. The highest BCUT2D eigenvalue weighted by Gasteiger charge is 2.24. The first-order valence-electron chi connectivity index (χ1n) is 7.23. The maximum absolute atomic E-state index is 11.0. The minimum Gasteiger partial charge on any atom is -0.481 e. The Kier molecular flexibility index (Phi) is 3.86. The second-order valence-corrected chi connectivity index (χ2v) is 5.37. The van der Waals surface area contributed by atoms with Gasteiger partial charge in [-0.25, -0.2) is 4.98 Å². The van der Waals surface area contributed by atoms with Crippen LogP contribution >= 0.6 is 0 Å². The number of carboxylic acids is 1. The van der Waals surface area contributed by atoms with Gasteiger partial charge in [0.1, 0.15) is 5.82 Å². The Morgan fingerprint density at radius 1 is 1.05 bits per heavy atom. The summed E-state index contributed by atoms with van der Waals surface area (Å²) in [6, 6.07) is 14.2. The number of aliphatic carboxylic acids is 1. The number of rotatable bonds is 3. The van der Waals surface area contributed by atoms with Crippen molar-refractivity contribution in [3.8, 4) is 11.1 Å². The van der Waals surface area contributed by atoms with Crippen molar-refractivity contribution in [2.45, 2.75) is 12.8 Å². The standard InChI is InChI=1S/C17H18N2O2/c20-17(21)14-8-10-19(11-9-14)16-7-6-15(12-18-16)13-4-2-1-3-5-13/h1-7,12,14H,8-11H2,(H,20,21). The first kappa shape index (κ1) is 13.6. The Morgan fingerprint density at radius 3 is 2.33 bits per heavy atom. The molecular formula is C17H18N2O2. The minimum absolute atomic E-state index is 0.204. The molecule has 4 heteroatoms. The number of hydrogen-bond acceptors (Lipinski definition) is 3. The Morgan fingerprint density at radius 2 is 1.76 bits per heavy atom. The van der Waals surface area contributed by atoms with Gasteiger partial charge in [-0.2, -0.15) is 0 Å². The summed E-state index contributed by atoms with van der Waals surface area (Å²) >= 11 is 0. The van der Waals surface area contributed by atoms with Gasteiger partial charge in [-0.3, -0.25) is 4.79 Å². The summed E-state index contributed by atoms with van der Waals surface area (Å²) in [6.45, 7) is 1.52. The molecule has 3 rings (SSSR count). The van der Waals surface area contributed by atoms with Crippen molar-refractivity contribution in [1.82, 2.24) is 4.98 Å². The molecule has 0 spiro atoms. The molecule has 0 bridgehead atoms. The van der Waals surface area contributed by atoms with E-state index in [1.807, 2.05) is 30.5 Å². The van der Waals surface area contributed by atoms with E-state index >= 15 is 0 Å². The molecule has 21 heavy (non-hydrogen) atoms. The number of piperidine rings is 1. The van der Waals surface area contributed by atoms with Crippen molar-refractivity contribution in [2.75, 3.05) is 18.0 Å². The maximum atomic E-state index is 11.0. The second kappa shape index (κ2) is 5.95. The van der Waals surface area contributed by atoms with Crippen LogP contribution in [0.3, 0.4) is 0 Å². The van der Waals surface area contributed by atoms with E-state index in [0.29, 0.717) is 12.8 Å². The number of anilines is 1. The zero-order chi connectivity index (χ0) is 14.7. The number of aromatic nitrogens is 1. The lowest BCUT2D eigenvalue weighted by molar-refractivity contribution is -0.142. The van der Waals surface area contributed by atoms with Gasteiger partial charge in [0.05, 0.1) is 5.92 Å². The molecule has 1 aliphatic rings. The van der Waals surface area contributed by atoms with Crippen molar-refractivity contribution in [3.05, 3.63) is 48.7 Å². The highest BCUT2D eigenvalue weighted by molar-refractivity contribution is 5.70. The number of carboxylic acid groups (broad SMARTS) is 1. The average molecular weight is 282 g/mol. The molecule has 0 aliphatic carbocycles. The van der Waals surface area contributed by atoms with E-state index < -0.39 is 5.97 Å². The second-order valence-electron chi connectivity index (χ2n) is 5.37. The van der Waals surface area contributed by atoms with Gasteiger partial charge < -0.3 is 10.0 Å². The SMILES string of the molecule is O=C(O)C1CCN(c2ccc(-c3ccccc3)cn2)CC1.